The van der Waals surface area contributed by atoms with Gasteiger partial charge in [0.25, 0.3) is 5.91 Å². The van der Waals surface area contributed by atoms with E-state index >= 15 is 0 Å². The van der Waals surface area contributed by atoms with Crippen LogP contribution in [0.15, 0.2) is 72.9 Å². The highest BCUT2D eigenvalue weighted by Gasteiger charge is 2.08. The van der Waals surface area contributed by atoms with Crippen LogP contribution in [0, 0.1) is 0 Å². The van der Waals surface area contributed by atoms with Crippen molar-refractivity contribution in [2.75, 3.05) is 19.0 Å². The highest BCUT2D eigenvalue weighted by Crippen LogP contribution is 2.17. The monoisotopic (exact) mass is 361 g/mol. The number of nitrogens with one attached hydrogen (secondary N) is 2. The Morgan fingerprint density at radius 3 is 2.63 bits per heavy atom. The van der Waals surface area contributed by atoms with Gasteiger partial charge in [-0.1, -0.05) is 48.5 Å². The molecule has 1 aromatic heterocycles. The van der Waals surface area contributed by atoms with Gasteiger partial charge in [-0.3, -0.25) is 9.78 Å². The summed E-state index contributed by atoms with van der Waals surface area (Å²) in [6.07, 6.45) is 2.34. The van der Waals surface area contributed by atoms with Crippen molar-refractivity contribution in [3.8, 4) is 5.75 Å². The van der Waals surface area contributed by atoms with Gasteiger partial charge in [0.05, 0.1) is 7.11 Å². The third-order valence-corrected chi connectivity index (χ3v) is 4.20. The minimum Gasteiger partial charge on any atom is -0.496 e. The normalized spacial score (nSPS) is 10.3. The fraction of sp³-hybridized carbons (Fsp3) is 0.182. The largest absolute Gasteiger partial charge is 0.496 e. The number of aromatic nitrogens is 1. The third-order valence-electron chi connectivity index (χ3n) is 4.20. The first kappa shape index (κ1) is 18.5. The van der Waals surface area contributed by atoms with E-state index in [-0.39, 0.29) is 5.91 Å². The van der Waals surface area contributed by atoms with Gasteiger partial charge in [-0.2, -0.15) is 0 Å². The van der Waals surface area contributed by atoms with Crippen LogP contribution in [0.5, 0.6) is 5.75 Å². The average Bonchev–Trinajstić information content (AvgIpc) is 2.73. The smallest absolute Gasteiger partial charge is 0.269 e. The van der Waals surface area contributed by atoms with E-state index in [9.17, 15) is 4.79 Å². The summed E-state index contributed by atoms with van der Waals surface area (Å²) in [4.78, 5) is 16.6. The van der Waals surface area contributed by atoms with Gasteiger partial charge < -0.3 is 15.4 Å². The molecule has 0 atom stereocenters. The number of amides is 1. The van der Waals surface area contributed by atoms with Gasteiger partial charge in [0.15, 0.2) is 0 Å². The Balaban J connectivity index is 1.54. The molecule has 0 saturated heterocycles. The summed E-state index contributed by atoms with van der Waals surface area (Å²) in [6.45, 7) is 1.21. The highest BCUT2D eigenvalue weighted by molar-refractivity contribution is 5.93. The van der Waals surface area contributed by atoms with Crippen molar-refractivity contribution in [1.82, 2.24) is 10.3 Å². The fourth-order valence-electron chi connectivity index (χ4n) is 2.78. The van der Waals surface area contributed by atoms with E-state index in [2.05, 4.69) is 27.8 Å². The molecule has 0 fully saturated rings. The summed E-state index contributed by atoms with van der Waals surface area (Å²) >= 11 is 0. The molecule has 0 saturated carbocycles. The maximum absolute atomic E-state index is 12.4. The number of benzene rings is 2. The van der Waals surface area contributed by atoms with Crippen molar-refractivity contribution in [2.45, 2.75) is 13.0 Å². The minimum atomic E-state index is -0.187. The van der Waals surface area contributed by atoms with Crippen LogP contribution in [0.2, 0.25) is 0 Å². The van der Waals surface area contributed by atoms with Gasteiger partial charge in [0.1, 0.15) is 11.4 Å². The zero-order valence-electron chi connectivity index (χ0n) is 15.3. The number of hydrogen-bond acceptors (Lipinski definition) is 4. The Morgan fingerprint density at radius 1 is 1.04 bits per heavy atom. The van der Waals surface area contributed by atoms with Crippen molar-refractivity contribution in [3.05, 3.63) is 89.7 Å². The summed E-state index contributed by atoms with van der Waals surface area (Å²) in [7, 11) is 1.65. The summed E-state index contributed by atoms with van der Waals surface area (Å²) in [6, 6.07) is 21.5. The quantitative estimate of drug-likeness (QED) is 0.642. The molecule has 5 nitrogen and oxygen atoms in total. The first-order chi connectivity index (χ1) is 13.3. The van der Waals surface area contributed by atoms with Crippen LogP contribution in [0.3, 0.4) is 0 Å². The SMILES string of the molecule is COc1ccccc1CCNC(=O)c1cc(NCc2ccccc2)ccn1. The second kappa shape index (κ2) is 9.38. The summed E-state index contributed by atoms with van der Waals surface area (Å²) in [5.41, 5.74) is 3.50. The molecule has 0 aliphatic carbocycles. The van der Waals surface area contributed by atoms with E-state index in [1.54, 1.807) is 19.4 Å². The number of para-hydroxylation sites is 1. The molecule has 0 radical (unpaired) electrons. The van der Waals surface area contributed by atoms with Crippen LogP contribution in [-0.4, -0.2) is 24.5 Å². The predicted octanol–water partition coefficient (Wildman–Crippen LogP) is 3.67. The average molecular weight is 361 g/mol. The molecule has 138 valence electrons. The van der Waals surface area contributed by atoms with Crippen LogP contribution in [0.25, 0.3) is 0 Å². The number of pyridine rings is 1. The molecule has 0 aliphatic rings. The lowest BCUT2D eigenvalue weighted by Gasteiger charge is -2.10. The number of carbonyl (C=O) groups is 1. The molecule has 3 aromatic rings. The molecule has 0 aliphatic heterocycles. The number of ether oxygens (including phenoxy) is 1. The maximum atomic E-state index is 12.4. The molecule has 2 aromatic carbocycles. The zero-order chi connectivity index (χ0) is 18.9. The van der Waals surface area contributed by atoms with Crippen LogP contribution in [-0.2, 0) is 13.0 Å². The van der Waals surface area contributed by atoms with Crippen molar-refractivity contribution in [1.29, 1.82) is 0 Å². The van der Waals surface area contributed by atoms with Crippen molar-refractivity contribution in [3.63, 3.8) is 0 Å². The molecular formula is C22H23N3O2. The third kappa shape index (κ3) is 5.31. The summed E-state index contributed by atoms with van der Waals surface area (Å²) in [5, 5.41) is 6.23. The van der Waals surface area contributed by atoms with Gasteiger partial charge in [-0.15, -0.1) is 0 Å². The Bertz CT molecular complexity index is 881. The number of nitrogens with zero attached hydrogens (tertiary/aromatic N) is 1. The first-order valence-electron chi connectivity index (χ1n) is 8.90. The molecule has 1 heterocycles. The Morgan fingerprint density at radius 2 is 1.81 bits per heavy atom. The zero-order valence-corrected chi connectivity index (χ0v) is 15.3. The van der Waals surface area contributed by atoms with Gasteiger partial charge in [0.2, 0.25) is 0 Å². The molecular weight excluding hydrogens is 338 g/mol. The lowest BCUT2D eigenvalue weighted by atomic mass is 10.1. The van der Waals surface area contributed by atoms with E-state index in [0.717, 1.165) is 17.0 Å². The number of carbonyl (C=O) groups excluding carboxylic acids is 1. The Labute approximate surface area is 159 Å². The molecule has 0 spiro atoms. The van der Waals surface area contributed by atoms with Crippen LogP contribution < -0.4 is 15.4 Å². The van der Waals surface area contributed by atoms with Crippen molar-refractivity contribution in [2.24, 2.45) is 0 Å². The molecule has 3 rings (SSSR count). The van der Waals surface area contributed by atoms with E-state index in [0.29, 0.717) is 25.2 Å². The van der Waals surface area contributed by atoms with Crippen LogP contribution >= 0.6 is 0 Å². The molecule has 2 N–H and O–H groups in total. The standard InChI is InChI=1S/C22H23N3O2/c1-27-21-10-6-5-9-18(21)11-13-24-22(26)20-15-19(12-14-23-20)25-16-17-7-3-2-4-8-17/h2-10,12,14-15H,11,13,16H2,1H3,(H,23,25)(H,24,26). The van der Waals surface area contributed by atoms with E-state index in [1.165, 1.54) is 5.56 Å². The highest BCUT2D eigenvalue weighted by atomic mass is 16.5. The Kier molecular flexibility index (Phi) is 6.41. The molecule has 0 unspecified atom stereocenters. The lowest BCUT2D eigenvalue weighted by Crippen LogP contribution is -2.26. The summed E-state index contributed by atoms with van der Waals surface area (Å²) in [5.74, 6) is 0.644. The second-order valence-corrected chi connectivity index (χ2v) is 6.09. The van der Waals surface area contributed by atoms with Crippen LogP contribution in [0.1, 0.15) is 21.6 Å². The van der Waals surface area contributed by atoms with E-state index < -0.39 is 0 Å². The molecule has 27 heavy (non-hydrogen) atoms. The number of methoxy groups -OCH3 is 1. The topological polar surface area (TPSA) is 63.2 Å². The number of rotatable bonds is 8. The molecule has 5 heteroatoms. The van der Waals surface area contributed by atoms with Crippen LogP contribution in [0.4, 0.5) is 5.69 Å². The van der Waals surface area contributed by atoms with Crippen molar-refractivity contribution >= 4 is 11.6 Å². The lowest BCUT2D eigenvalue weighted by molar-refractivity contribution is 0.0949. The van der Waals surface area contributed by atoms with Gasteiger partial charge in [-0.25, -0.2) is 0 Å². The van der Waals surface area contributed by atoms with E-state index in [1.807, 2.05) is 48.5 Å². The van der Waals surface area contributed by atoms with Gasteiger partial charge >= 0.3 is 0 Å². The Hall–Kier alpha value is -3.34. The number of hydrogen-bond donors (Lipinski definition) is 2. The molecule has 0 bridgehead atoms. The second-order valence-electron chi connectivity index (χ2n) is 6.09. The van der Waals surface area contributed by atoms with Gasteiger partial charge in [-0.05, 0) is 35.7 Å². The molecule has 1 amide bonds. The maximum Gasteiger partial charge on any atom is 0.269 e. The predicted molar refractivity (Wildman–Crippen MR) is 107 cm³/mol. The first-order valence-corrected chi connectivity index (χ1v) is 8.90. The summed E-state index contributed by atoms with van der Waals surface area (Å²) < 4.78 is 5.33. The minimum absolute atomic E-state index is 0.187. The van der Waals surface area contributed by atoms with Crippen molar-refractivity contribution < 1.29 is 9.53 Å². The fourth-order valence-corrected chi connectivity index (χ4v) is 2.78. The van der Waals surface area contributed by atoms with E-state index in [4.69, 9.17) is 4.74 Å². The van der Waals surface area contributed by atoms with Gasteiger partial charge in [0, 0.05) is 25.0 Å². The number of anilines is 1.